The van der Waals surface area contributed by atoms with E-state index >= 15 is 0 Å². The molecule has 1 aliphatic heterocycles. The highest BCUT2D eigenvalue weighted by molar-refractivity contribution is 5.81. The highest BCUT2D eigenvalue weighted by Crippen LogP contribution is 2.34. The van der Waals surface area contributed by atoms with E-state index in [2.05, 4.69) is 29.7 Å². The Morgan fingerprint density at radius 2 is 1.79 bits per heavy atom. The molecule has 1 fully saturated rings. The first-order chi connectivity index (χ1) is 11.6. The van der Waals surface area contributed by atoms with Crippen LogP contribution >= 0.6 is 0 Å². The minimum Gasteiger partial charge on any atom is -0.335 e. The van der Waals surface area contributed by atoms with Crippen LogP contribution in [0.2, 0.25) is 0 Å². The van der Waals surface area contributed by atoms with E-state index in [4.69, 9.17) is 4.98 Å². The van der Waals surface area contributed by atoms with Gasteiger partial charge >= 0.3 is 0 Å². The van der Waals surface area contributed by atoms with Crippen molar-refractivity contribution in [2.45, 2.75) is 25.3 Å². The van der Waals surface area contributed by atoms with E-state index in [1.807, 2.05) is 48.3 Å². The van der Waals surface area contributed by atoms with Gasteiger partial charge in [0.05, 0.1) is 17.1 Å². The summed E-state index contributed by atoms with van der Waals surface area (Å²) >= 11 is 0. The van der Waals surface area contributed by atoms with Crippen LogP contribution in [0.15, 0.2) is 54.6 Å². The third kappa shape index (κ3) is 2.39. The molecule has 3 aromatic rings. The maximum absolute atomic E-state index is 12.6. The molecule has 2 aromatic carbocycles. The van der Waals surface area contributed by atoms with Gasteiger partial charge in [0.2, 0.25) is 5.91 Å². The van der Waals surface area contributed by atoms with E-state index in [-0.39, 0.29) is 17.9 Å². The van der Waals surface area contributed by atoms with Gasteiger partial charge < -0.3 is 9.47 Å². The number of hydrogen-bond acceptors (Lipinski definition) is 2. The molecule has 0 radical (unpaired) electrons. The number of carbonyl (C=O) groups excluding carboxylic acids is 1. The number of hydrogen-bond donors (Lipinski definition) is 0. The third-order valence-electron chi connectivity index (χ3n) is 5.09. The summed E-state index contributed by atoms with van der Waals surface area (Å²) in [6.07, 6.45) is 0.536. The molecule has 4 rings (SSSR count). The van der Waals surface area contributed by atoms with Crippen molar-refractivity contribution >= 4 is 16.9 Å². The van der Waals surface area contributed by atoms with E-state index in [1.54, 1.807) is 0 Å². The van der Waals surface area contributed by atoms with Crippen molar-refractivity contribution in [1.29, 1.82) is 0 Å². The van der Waals surface area contributed by atoms with Gasteiger partial charge in [-0.3, -0.25) is 4.79 Å². The molecular formula is C20H21N3O. The minimum atomic E-state index is 0.0957. The highest BCUT2D eigenvalue weighted by Gasteiger charge is 2.36. The topological polar surface area (TPSA) is 38.1 Å². The lowest BCUT2D eigenvalue weighted by atomic mass is 10.1. The summed E-state index contributed by atoms with van der Waals surface area (Å²) in [6.45, 7) is 2.83. The lowest BCUT2D eigenvalue weighted by Gasteiger charge is -2.25. The lowest BCUT2D eigenvalue weighted by Crippen LogP contribution is -2.28. The van der Waals surface area contributed by atoms with Crippen molar-refractivity contribution in [3.05, 3.63) is 66.0 Å². The SMILES string of the molecule is CC(c1ccccc1)N1CC(c2nc3ccccc3n2C)CC1=O. The summed E-state index contributed by atoms with van der Waals surface area (Å²) in [5.74, 6) is 1.37. The number of rotatable bonds is 3. The average molecular weight is 319 g/mol. The first-order valence-corrected chi connectivity index (χ1v) is 8.41. The van der Waals surface area contributed by atoms with Crippen LogP contribution in [-0.4, -0.2) is 26.9 Å². The summed E-state index contributed by atoms with van der Waals surface area (Å²) < 4.78 is 2.13. The first kappa shape index (κ1) is 14.9. The Morgan fingerprint density at radius 3 is 2.54 bits per heavy atom. The molecular weight excluding hydrogens is 298 g/mol. The van der Waals surface area contributed by atoms with Crippen LogP contribution in [0.4, 0.5) is 0 Å². The Bertz CT molecular complexity index is 884. The van der Waals surface area contributed by atoms with Crippen LogP contribution < -0.4 is 0 Å². The molecule has 2 unspecified atom stereocenters. The molecule has 2 heterocycles. The van der Waals surface area contributed by atoms with Crippen molar-refractivity contribution < 1.29 is 4.79 Å². The fraction of sp³-hybridized carbons (Fsp3) is 0.300. The number of carbonyl (C=O) groups is 1. The van der Waals surface area contributed by atoms with Crippen LogP contribution in [0.1, 0.15) is 36.7 Å². The van der Waals surface area contributed by atoms with E-state index in [9.17, 15) is 4.79 Å². The number of aromatic nitrogens is 2. The zero-order valence-electron chi connectivity index (χ0n) is 14.0. The van der Waals surface area contributed by atoms with E-state index in [0.717, 1.165) is 23.4 Å². The van der Waals surface area contributed by atoms with E-state index in [1.165, 1.54) is 5.56 Å². The summed E-state index contributed by atoms with van der Waals surface area (Å²) in [5, 5.41) is 0. The third-order valence-corrected chi connectivity index (χ3v) is 5.09. The summed E-state index contributed by atoms with van der Waals surface area (Å²) in [4.78, 5) is 19.4. The number of nitrogens with zero attached hydrogens (tertiary/aromatic N) is 3. The number of amides is 1. The Morgan fingerprint density at radius 1 is 1.08 bits per heavy atom. The number of likely N-dealkylation sites (tertiary alicyclic amines) is 1. The Kier molecular flexibility index (Phi) is 3.60. The van der Waals surface area contributed by atoms with Gasteiger partial charge in [-0.25, -0.2) is 4.98 Å². The Balaban J connectivity index is 1.62. The Labute approximate surface area is 141 Å². The van der Waals surface area contributed by atoms with Crippen LogP contribution in [0.3, 0.4) is 0 Å². The van der Waals surface area contributed by atoms with Crippen molar-refractivity contribution in [3.63, 3.8) is 0 Å². The van der Waals surface area contributed by atoms with Crippen LogP contribution in [-0.2, 0) is 11.8 Å². The molecule has 0 aliphatic carbocycles. The monoisotopic (exact) mass is 319 g/mol. The predicted octanol–water partition coefficient (Wildman–Crippen LogP) is 3.65. The number of imidazole rings is 1. The first-order valence-electron chi connectivity index (χ1n) is 8.41. The quantitative estimate of drug-likeness (QED) is 0.739. The number of para-hydroxylation sites is 2. The van der Waals surface area contributed by atoms with Crippen LogP contribution in [0, 0.1) is 0 Å². The number of benzene rings is 2. The van der Waals surface area contributed by atoms with Gasteiger partial charge in [0.25, 0.3) is 0 Å². The van der Waals surface area contributed by atoms with Gasteiger partial charge in [-0.1, -0.05) is 42.5 Å². The second-order valence-electron chi connectivity index (χ2n) is 6.55. The average Bonchev–Trinajstić information content (AvgIpc) is 3.16. The molecule has 1 aromatic heterocycles. The lowest BCUT2D eigenvalue weighted by molar-refractivity contribution is -0.129. The fourth-order valence-corrected chi connectivity index (χ4v) is 3.72. The standard InChI is InChI=1S/C20H21N3O/c1-14(15-8-4-3-5-9-15)23-13-16(12-19(23)24)20-21-17-10-6-7-11-18(17)22(20)2/h3-11,14,16H,12-13H2,1-2H3. The number of aryl methyl sites for hydroxylation is 1. The highest BCUT2D eigenvalue weighted by atomic mass is 16.2. The summed E-state index contributed by atoms with van der Waals surface area (Å²) in [6, 6.07) is 18.4. The number of fused-ring (bicyclic) bond motifs is 1. The van der Waals surface area contributed by atoms with Gasteiger partial charge in [0.1, 0.15) is 5.82 Å². The van der Waals surface area contributed by atoms with E-state index in [0.29, 0.717) is 6.42 Å². The van der Waals surface area contributed by atoms with Gasteiger partial charge in [-0.05, 0) is 24.6 Å². The fourth-order valence-electron chi connectivity index (χ4n) is 3.72. The largest absolute Gasteiger partial charge is 0.335 e. The smallest absolute Gasteiger partial charge is 0.223 e. The van der Waals surface area contributed by atoms with Crippen LogP contribution in [0.5, 0.6) is 0 Å². The molecule has 4 heteroatoms. The summed E-state index contributed by atoms with van der Waals surface area (Å²) in [7, 11) is 2.04. The molecule has 1 aliphatic rings. The molecule has 122 valence electrons. The summed E-state index contributed by atoms with van der Waals surface area (Å²) in [5.41, 5.74) is 3.29. The molecule has 0 saturated carbocycles. The van der Waals surface area contributed by atoms with Crippen molar-refractivity contribution in [3.8, 4) is 0 Å². The van der Waals surface area contributed by atoms with Gasteiger partial charge in [-0.2, -0.15) is 0 Å². The van der Waals surface area contributed by atoms with Crippen molar-refractivity contribution in [2.24, 2.45) is 7.05 Å². The van der Waals surface area contributed by atoms with Gasteiger partial charge in [-0.15, -0.1) is 0 Å². The molecule has 0 N–H and O–H groups in total. The molecule has 4 nitrogen and oxygen atoms in total. The minimum absolute atomic E-state index is 0.0957. The molecule has 0 spiro atoms. The van der Waals surface area contributed by atoms with Crippen LogP contribution in [0.25, 0.3) is 11.0 Å². The Hall–Kier alpha value is -2.62. The molecule has 0 bridgehead atoms. The van der Waals surface area contributed by atoms with Crippen molar-refractivity contribution in [2.75, 3.05) is 6.54 Å². The second kappa shape index (κ2) is 5.78. The van der Waals surface area contributed by atoms with Gasteiger partial charge in [0, 0.05) is 25.9 Å². The van der Waals surface area contributed by atoms with Crippen molar-refractivity contribution in [1.82, 2.24) is 14.5 Å². The normalized spacial score (nSPS) is 19.2. The zero-order chi connectivity index (χ0) is 16.7. The second-order valence-corrected chi connectivity index (χ2v) is 6.55. The molecule has 2 atom stereocenters. The zero-order valence-corrected chi connectivity index (χ0v) is 14.0. The molecule has 1 amide bonds. The maximum atomic E-state index is 12.6. The molecule has 1 saturated heterocycles. The van der Waals surface area contributed by atoms with E-state index < -0.39 is 0 Å². The van der Waals surface area contributed by atoms with Gasteiger partial charge in [0.15, 0.2) is 0 Å². The predicted molar refractivity (Wildman–Crippen MR) is 94.6 cm³/mol. The maximum Gasteiger partial charge on any atom is 0.223 e. The molecule has 24 heavy (non-hydrogen) atoms.